The average molecular weight is 459 g/mol. The first-order valence-corrected chi connectivity index (χ1v) is 12.1. The number of benzene rings is 2. The fraction of sp³-hybridized carbons (Fsp3) is 0.391. The summed E-state index contributed by atoms with van der Waals surface area (Å²) in [4.78, 5) is 26.3. The van der Waals surface area contributed by atoms with Gasteiger partial charge in [-0.3, -0.25) is 14.5 Å². The van der Waals surface area contributed by atoms with E-state index in [9.17, 15) is 18.0 Å². The van der Waals surface area contributed by atoms with Crippen molar-refractivity contribution < 1.29 is 18.0 Å². The summed E-state index contributed by atoms with van der Waals surface area (Å²) in [6.45, 7) is 4.47. The summed E-state index contributed by atoms with van der Waals surface area (Å²) in [6, 6.07) is 16.5. The first kappa shape index (κ1) is 23.9. The van der Waals surface area contributed by atoms with E-state index < -0.39 is 10.0 Å². The zero-order chi connectivity index (χ0) is 23.0. The van der Waals surface area contributed by atoms with Crippen LogP contribution in [0.4, 0.5) is 0 Å². The van der Waals surface area contributed by atoms with Crippen molar-refractivity contribution in [3.8, 4) is 0 Å². The van der Waals surface area contributed by atoms with E-state index in [2.05, 4.69) is 10.6 Å². The Bertz CT molecular complexity index is 1000. The Labute approximate surface area is 189 Å². The molecule has 2 N–H and O–H groups in total. The highest BCUT2D eigenvalue weighted by Crippen LogP contribution is 2.18. The monoisotopic (exact) mass is 458 g/mol. The van der Waals surface area contributed by atoms with Crippen LogP contribution in [0.15, 0.2) is 59.5 Å². The molecule has 1 fully saturated rings. The summed E-state index contributed by atoms with van der Waals surface area (Å²) in [5.74, 6) is -0.292. The van der Waals surface area contributed by atoms with E-state index in [4.69, 9.17) is 0 Å². The normalized spacial score (nSPS) is 15.3. The summed E-state index contributed by atoms with van der Waals surface area (Å²) in [7, 11) is -3.52. The molecule has 1 heterocycles. The molecule has 0 bridgehead atoms. The van der Waals surface area contributed by atoms with Crippen LogP contribution >= 0.6 is 0 Å². The molecule has 0 atom stereocenters. The van der Waals surface area contributed by atoms with Crippen molar-refractivity contribution in [3.05, 3.63) is 65.7 Å². The summed E-state index contributed by atoms with van der Waals surface area (Å²) in [5.41, 5.74) is 2.03. The second-order valence-corrected chi connectivity index (χ2v) is 9.79. The molecule has 8 nitrogen and oxygen atoms in total. The number of nitrogens with one attached hydrogen (secondary N) is 2. The maximum atomic E-state index is 12.8. The fourth-order valence-corrected chi connectivity index (χ4v) is 4.87. The Morgan fingerprint density at radius 1 is 0.875 bits per heavy atom. The molecule has 0 spiro atoms. The lowest BCUT2D eigenvalue weighted by Gasteiger charge is -2.33. The Hall–Kier alpha value is -2.75. The van der Waals surface area contributed by atoms with Gasteiger partial charge in [-0.25, -0.2) is 8.42 Å². The molecule has 172 valence electrons. The predicted octanol–water partition coefficient (Wildman–Crippen LogP) is 1.12. The van der Waals surface area contributed by atoms with Crippen LogP contribution in [0.5, 0.6) is 0 Å². The Balaban J connectivity index is 1.34. The van der Waals surface area contributed by atoms with Gasteiger partial charge in [0.1, 0.15) is 0 Å². The standard InChI is InChI=1S/C23H30N4O4S/c1-19-7-9-21(10-8-19)32(30,31)27-15-13-26(14-16-27)18-23(29)24-12-11-22(28)25-17-20-5-3-2-4-6-20/h2-10H,11-18H2,1H3,(H,24,29)(H,25,28). The Morgan fingerprint density at radius 2 is 1.53 bits per heavy atom. The maximum Gasteiger partial charge on any atom is 0.243 e. The highest BCUT2D eigenvalue weighted by Gasteiger charge is 2.28. The maximum absolute atomic E-state index is 12.8. The highest BCUT2D eigenvalue weighted by atomic mass is 32.2. The first-order valence-electron chi connectivity index (χ1n) is 10.7. The summed E-state index contributed by atoms with van der Waals surface area (Å²) in [5, 5.41) is 5.58. The molecule has 0 unspecified atom stereocenters. The lowest BCUT2D eigenvalue weighted by Crippen LogP contribution is -2.51. The molecule has 3 rings (SSSR count). The van der Waals surface area contributed by atoms with Crippen LogP contribution in [0.3, 0.4) is 0 Å². The van der Waals surface area contributed by atoms with Crippen molar-refractivity contribution in [2.75, 3.05) is 39.3 Å². The van der Waals surface area contributed by atoms with Crippen LogP contribution in [0.25, 0.3) is 0 Å². The van der Waals surface area contributed by atoms with Gasteiger partial charge in [-0.15, -0.1) is 0 Å². The number of sulfonamides is 1. The van der Waals surface area contributed by atoms with Crippen molar-refractivity contribution in [2.24, 2.45) is 0 Å². The Morgan fingerprint density at radius 3 is 2.19 bits per heavy atom. The van der Waals surface area contributed by atoms with Crippen LogP contribution in [0.2, 0.25) is 0 Å². The highest BCUT2D eigenvalue weighted by molar-refractivity contribution is 7.89. The number of nitrogens with zero attached hydrogens (tertiary/aromatic N) is 2. The second kappa shape index (κ2) is 11.2. The third-order valence-corrected chi connectivity index (χ3v) is 7.28. The first-order chi connectivity index (χ1) is 15.3. The molecule has 32 heavy (non-hydrogen) atoms. The van der Waals surface area contributed by atoms with E-state index in [-0.39, 0.29) is 31.3 Å². The molecule has 9 heteroatoms. The van der Waals surface area contributed by atoms with Gasteiger partial charge < -0.3 is 10.6 Å². The van der Waals surface area contributed by atoms with Crippen LogP contribution in [0, 0.1) is 6.92 Å². The van der Waals surface area contributed by atoms with Gasteiger partial charge in [0.15, 0.2) is 0 Å². The number of hydrogen-bond donors (Lipinski definition) is 2. The summed E-state index contributed by atoms with van der Waals surface area (Å²) in [6.07, 6.45) is 0.209. The minimum atomic E-state index is -3.52. The van der Waals surface area contributed by atoms with Crippen LogP contribution in [-0.4, -0.2) is 68.7 Å². The molecule has 2 aromatic carbocycles. The molecule has 2 amide bonds. The van der Waals surface area contributed by atoms with E-state index in [1.54, 1.807) is 24.3 Å². The molecule has 0 radical (unpaired) electrons. The van der Waals surface area contributed by atoms with Gasteiger partial charge in [0.25, 0.3) is 0 Å². The van der Waals surface area contributed by atoms with E-state index in [0.717, 1.165) is 11.1 Å². The number of rotatable bonds is 9. The SMILES string of the molecule is Cc1ccc(S(=O)(=O)N2CCN(CC(=O)NCCC(=O)NCc3ccccc3)CC2)cc1. The molecule has 2 aromatic rings. The van der Waals surface area contributed by atoms with Crippen LogP contribution in [0.1, 0.15) is 17.5 Å². The molecule has 0 saturated carbocycles. The second-order valence-electron chi connectivity index (χ2n) is 7.86. The van der Waals surface area contributed by atoms with Crippen molar-refractivity contribution in [1.82, 2.24) is 19.8 Å². The molecule has 1 aliphatic rings. The lowest BCUT2D eigenvalue weighted by atomic mass is 10.2. The Kier molecular flexibility index (Phi) is 8.38. The predicted molar refractivity (Wildman–Crippen MR) is 122 cm³/mol. The van der Waals surface area contributed by atoms with Gasteiger partial charge in [0.05, 0.1) is 11.4 Å². The third-order valence-electron chi connectivity index (χ3n) is 5.36. The third kappa shape index (κ3) is 6.88. The van der Waals surface area contributed by atoms with Gasteiger partial charge in [-0.05, 0) is 24.6 Å². The summed E-state index contributed by atoms with van der Waals surface area (Å²) >= 11 is 0. The van der Waals surface area contributed by atoms with Crippen LogP contribution < -0.4 is 10.6 Å². The van der Waals surface area contributed by atoms with Crippen molar-refractivity contribution in [2.45, 2.75) is 24.8 Å². The van der Waals surface area contributed by atoms with E-state index in [1.807, 2.05) is 42.2 Å². The van der Waals surface area contributed by atoms with Crippen molar-refractivity contribution in [3.63, 3.8) is 0 Å². The average Bonchev–Trinajstić information content (AvgIpc) is 2.79. The number of amides is 2. The molecule has 1 aliphatic heterocycles. The van der Waals surface area contributed by atoms with E-state index in [0.29, 0.717) is 37.6 Å². The fourth-order valence-electron chi connectivity index (χ4n) is 3.45. The number of carbonyl (C=O) groups excluding carboxylic acids is 2. The van der Waals surface area contributed by atoms with Crippen molar-refractivity contribution >= 4 is 21.8 Å². The van der Waals surface area contributed by atoms with Gasteiger partial charge in [0.2, 0.25) is 21.8 Å². The van der Waals surface area contributed by atoms with E-state index in [1.165, 1.54) is 4.31 Å². The van der Waals surface area contributed by atoms with Gasteiger partial charge >= 0.3 is 0 Å². The van der Waals surface area contributed by atoms with Crippen molar-refractivity contribution in [1.29, 1.82) is 0 Å². The molecule has 0 aromatic heterocycles. The van der Waals surface area contributed by atoms with Gasteiger partial charge in [-0.2, -0.15) is 4.31 Å². The van der Waals surface area contributed by atoms with Gasteiger partial charge in [0, 0.05) is 45.7 Å². The number of hydrogen-bond acceptors (Lipinski definition) is 5. The number of piperazine rings is 1. The molecular weight excluding hydrogens is 428 g/mol. The van der Waals surface area contributed by atoms with E-state index >= 15 is 0 Å². The smallest absolute Gasteiger partial charge is 0.243 e. The number of aryl methyl sites for hydroxylation is 1. The minimum Gasteiger partial charge on any atom is -0.354 e. The molecule has 1 saturated heterocycles. The summed E-state index contributed by atoms with van der Waals surface area (Å²) < 4.78 is 27.0. The molecular formula is C23H30N4O4S. The topological polar surface area (TPSA) is 98.8 Å². The lowest BCUT2D eigenvalue weighted by molar-refractivity contribution is -0.123. The quantitative estimate of drug-likeness (QED) is 0.587. The zero-order valence-corrected chi connectivity index (χ0v) is 19.1. The minimum absolute atomic E-state index is 0.121. The van der Waals surface area contributed by atoms with Crippen LogP contribution in [-0.2, 0) is 26.2 Å². The molecule has 0 aliphatic carbocycles. The van der Waals surface area contributed by atoms with Gasteiger partial charge in [-0.1, -0.05) is 48.0 Å². The number of carbonyl (C=O) groups is 2. The largest absolute Gasteiger partial charge is 0.354 e. The zero-order valence-electron chi connectivity index (χ0n) is 18.3.